The molecule has 1 aliphatic rings. The Bertz CT molecular complexity index is 617. The second-order valence-electron chi connectivity index (χ2n) is 5.60. The maximum absolute atomic E-state index is 6.32. The Morgan fingerprint density at radius 1 is 1.45 bits per heavy atom. The standard InChI is InChI=1S/C15H20ClN3O/c1-9-7-12-15(17-8-9)19(14(18-12)10(2)16)11(3)13-5-4-6-20-13/h7-8,10-11,13H,4-6H2,1-3H3. The molecule has 0 spiro atoms. The van der Waals surface area contributed by atoms with Gasteiger partial charge in [0, 0.05) is 12.8 Å². The smallest absolute Gasteiger partial charge is 0.160 e. The summed E-state index contributed by atoms with van der Waals surface area (Å²) in [4.78, 5) is 9.24. The average Bonchev–Trinajstić information content (AvgIpc) is 3.04. The van der Waals surface area contributed by atoms with Gasteiger partial charge in [-0.15, -0.1) is 11.6 Å². The van der Waals surface area contributed by atoms with Crippen molar-refractivity contribution in [2.75, 3.05) is 6.61 Å². The molecule has 3 unspecified atom stereocenters. The number of hydrogen-bond acceptors (Lipinski definition) is 3. The monoisotopic (exact) mass is 293 g/mol. The highest BCUT2D eigenvalue weighted by molar-refractivity contribution is 6.20. The van der Waals surface area contributed by atoms with Gasteiger partial charge in [-0.2, -0.15) is 0 Å². The van der Waals surface area contributed by atoms with Crippen molar-refractivity contribution in [1.29, 1.82) is 0 Å². The van der Waals surface area contributed by atoms with E-state index in [0.717, 1.165) is 42.0 Å². The van der Waals surface area contributed by atoms with E-state index in [2.05, 4.69) is 27.5 Å². The maximum atomic E-state index is 6.32. The third-order valence-corrected chi connectivity index (χ3v) is 4.16. The molecule has 20 heavy (non-hydrogen) atoms. The zero-order valence-corrected chi connectivity index (χ0v) is 12.9. The average molecular weight is 294 g/mol. The number of halogens is 1. The van der Waals surface area contributed by atoms with Gasteiger partial charge in [-0.1, -0.05) is 0 Å². The predicted molar refractivity (Wildman–Crippen MR) is 80.2 cm³/mol. The highest BCUT2D eigenvalue weighted by Crippen LogP contribution is 2.32. The Kier molecular flexibility index (Phi) is 3.69. The van der Waals surface area contributed by atoms with Crippen molar-refractivity contribution < 1.29 is 4.74 Å². The lowest BCUT2D eigenvalue weighted by Crippen LogP contribution is -2.23. The van der Waals surface area contributed by atoms with E-state index < -0.39 is 0 Å². The fraction of sp³-hybridized carbons (Fsp3) is 0.600. The van der Waals surface area contributed by atoms with Crippen LogP contribution in [0.2, 0.25) is 0 Å². The molecule has 1 aliphatic heterocycles. The van der Waals surface area contributed by atoms with Crippen LogP contribution in [0.15, 0.2) is 12.3 Å². The number of imidazole rings is 1. The van der Waals surface area contributed by atoms with Crippen LogP contribution in [0.4, 0.5) is 0 Å². The van der Waals surface area contributed by atoms with Crippen LogP contribution in [-0.4, -0.2) is 27.2 Å². The first-order valence-corrected chi connectivity index (χ1v) is 7.61. The number of aromatic nitrogens is 3. The molecular weight excluding hydrogens is 274 g/mol. The quantitative estimate of drug-likeness (QED) is 0.809. The first kappa shape index (κ1) is 13.8. The number of pyridine rings is 1. The van der Waals surface area contributed by atoms with Crippen molar-refractivity contribution in [3.05, 3.63) is 23.7 Å². The van der Waals surface area contributed by atoms with Crippen LogP contribution in [0, 0.1) is 6.92 Å². The summed E-state index contributed by atoms with van der Waals surface area (Å²) < 4.78 is 7.98. The highest BCUT2D eigenvalue weighted by Gasteiger charge is 2.28. The summed E-state index contributed by atoms with van der Waals surface area (Å²) in [5.41, 5.74) is 2.93. The van der Waals surface area contributed by atoms with Crippen molar-refractivity contribution in [1.82, 2.24) is 14.5 Å². The third kappa shape index (κ3) is 2.31. The van der Waals surface area contributed by atoms with E-state index in [4.69, 9.17) is 16.3 Å². The topological polar surface area (TPSA) is 39.9 Å². The first-order valence-electron chi connectivity index (χ1n) is 7.18. The molecule has 1 fully saturated rings. The van der Waals surface area contributed by atoms with Crippen LogP contribution in [0.5, 0.6) is 0 Å². The Hall–Kier alpha value is -1.13. The molecule has 3 rings (SSSR count). The molecule has 108 valence electrons. The SMILES string of the molecule is Cc1cnc2c(c1)nc(C(C)Cl)n2C(C)C1CCCO1. The van der Waals surface area contributed by atoms with Gasteiger partial charge in [0.25, 0.3) is 0 Å². The number of nitrogens with zero attached hydrogens (tertiary/aromatic N) is 3. The minimum absolute atomic E-state index is 0.145. The van der Waals surface area contributed by atoms with Crippen LogP contribution in [-0.2, 0) is 4.74 Å². The van der Waals surface area contributed by atoms with Gasteiger partial charge in [0.2, 0.25) is 0 Å². The third-order valence-electron chi connectivity index (χ3n) is 3.96. The Morgan fingerprint density at radius 3 is 2.90 bits per heavy atom. The minimum atomic E-state index is -0.145. The summed E-state index contributed by atoms with van der Waals surface area (Å²) in [7, 11) is 0. The molecular formula is C15H20ClN3O. The molecule has 0 bridgehead atoms. The minimum Gasteiger partial charge on any atom is -0.376 e. The van der Waals surface area contributed by atoms with E-state index in [1.807, 2.05) is 20.0 Å². The summed E-state index contributed by atoms with van der Waals surface area (Å²) in [5, 5.41) is -0.145. The van der Waals surface area contributed by atoms with Gasteiger partial charge in [0.1, 0.15) is 11.3 Å². The zero-order valence-electron chi connectivity index (χ0n) is 12.1. The first-order chi connectivity index (χ1) is 9.58. The van der Waals surface area contributed by atoms with E-state index in [-0.39, 0.29) is 17.5 Å². The molecule has 3 heterocycles. The van der Waals surface area contributed by atoms with Gasteiger partial charge in [-0.3, -0.25) is 0 Å². The lowest BCUT2D eigenvalue weighted by molar-refractivity contribution is 0.0734. The lowest BCUT2D eigenvalue weighted by Gasteiger charge is -2.23. The molecule has 4 nitrogen and oxygen atoms in total. The second kappa shape index (κ2) is 5.34. The van der Waals surface area contributed by atoms with Crippen LogP contribution < -0.4 is 0 Å². The molecule has 0 saturated carbocycles. The van der Waals surface area contributed by atoms with E-state index in [1.165, 1.54) is 0 Å². The lowest BCUT2D eigenvalue weighted by atomic mass is 10.1. The molecule has 0 N–H and O–H groups in total. The van der Waals surface area contributed by atoms with Crippen molar-refractivity contribution >= 4 is 22.8 Å². The predicted octanol–water partition coefficient (Wildman–Crippen LogP) is 3.78. The molecule has 3 atom stereocenters. The van der Waals surface area contributed by atoms with Crippen LogP contribution in [0.1, 0.15) is 49.5 Å². The van der Waals surface area contributed by atoms with Gasteiger partial charge in [0.15, 0.2) is 5.65 Å². The van der Waals surface area contributed by atoms with Crippen molar-refractivity contribution in [2.45, 2.75) is 51.1 Å². The van der Waals surface area contributed by atoms with Crippen LogP contribution >= 0.6 is 11.6 Å². The molecule has 1 saturated heterocycles. The molecule has 0 radical (unpaired) electrons. The Labute approximate surface area is 124 Å². The summed E-state index contributed by atoms with van der Waals surface area (Å²) in [6.45, 7) is 6.99. The number of aryl methyl sites for hydroxylation is 1. The Balaban J connectivity index is 2.13. The molecule has 2 aromatic rings. The molecule has 2 aromatic heterocycles. The van der Waals surface area contributed by atoms with Gasteiger partial charge in [-0.05, 0) is 45.2 Å². The fourth-order valence-electron chi connectivity index (χ4n) is 2.93. The number of ether oxygens (including phenoxy) is 1. The van der Waals surface area contributed by atoms with Gasteiger partial charge in [0.05, 0.1) is 17.5 Å². The second-order valence-corrected chi connectivity index (χ2v) is 6.26. The summed E-state index contributed by atoms with van der Waals surface area (Å²) >= 11 is 6.32. The van der Waals surface area contributed by atoms with Crippen molar-refractivity contribution in [2.24, 2.45) is 0 Å². The molecule has 0 aliphatic carbocycles. The van der Waals surface area contributed by atoms with Gasteiger partial charge in [-0.25, -0.2) is 9.97 Å². The summed E-state index contributed by atoms with van der Waals surface area (Å²) in [5.74, 6) is 0.878. The largest absolute Gasteiger partial charge is 0.376 e. The Morgan fingerprint density at radius 2 is 2.25 bits per heavy atom. The van der Waals surface area contributed by atoms with E-state index >= 15 is 0 Å². The molecule has 0 aromatic carbocycles. The summed E-state index contributed by atoms with van der Waals surface area (Å²) in [6, 6.07) is 2.26. The van der Waals surface area contributed by atoms with E-state index in [0.29, 0.717) is 0 Å². The van der Waals surface area contributed by atoms with Gasteiger partial charge >= 0.3 is 0 Å². The summed E-state index contributed by atoms with van der Waals surface area (Å²) in [6.07, 6.45) is 4.32. The molecule has 5 heteroatoms. The number of hydrogen-bond donors (Lipinski definition) is 0. The number of rotatable bonds is 3. The van der Waals surface area contributed by atoms with Crippen molar-refractivity contribution in [3.63, 3.8) is 0 Å². The number of alkyl halides is 1. The molecule has 0 amide bonds. The van der Waals surface area contributed by atoms with E-state index in [9.17, 15) is 0 Å². The normalized spacial score (nSPS) is 22.3. The van der Waals surface area contributed by atoms with E-state index in [1.54, 1.807) is 0 Å². The zero-order chi connectivity index (χ0) is 14.3. The number of fused-ring (bicyclic) bond motifs is 1. The fourth-order valence-corrected chi connectivity index (χ4v) is 3.09. The maximum Gasteiger partial charge on any atom is 0.160 e. The van der Waals surface area contributed by atoms with Crippen molar-refractivity contribution in [3.8, 4) is 0 Å². The van der Waals surface area contributed by atoms with Crippen LogP contribution in [0.3, 0.4) is 0 Å². The van der Waals surface area contributed by atoms with Gasteiger partial charge < -0.3 is 9.30 Å². The highest BCUT2D eigenvalue weighted by atomic mass is 35.5. The van der Waals surface area contributed by atoms with Crippen LogP contribution in [0.25, 0.3) is 11.2 Å².